The van der Waals surface area contributed by atoms with Gasteiger partial charge in [-0.25, -0.2) is 13.1 Å². The van der Waals surface area contributed by atoms with Crippen molar-refractivity contribution in [2.24, 2.45) is 11.8 Å². The summed E-state index contributed by atoms with van der Waals surface area (Å²) in [6, 6.07) is 15.1. The number of nitrogens with one attached hydrogen (secondary N) is 2. The Kier molecular flexibility index (Phi) is 7.91. The normalized spacial score (nSPS) is 22.0. The van der Waals surface area contributed by atoms with Gasteiger partial charge < -0.3 is 10.2 Å². The fourth-order valence-electron chi connectivity index (χ4n) is 5.31. The summed E-state index contributed by atoms with van der Waals surface area (Å²) in [4.78, 5) is 26.4. The maximum atomic E-state index is 12.9. The van der Waals surface area contributed by atoms with Gasteiger partial charge in [-0.15, -0.1) is 0 Å². The van der Waals surface area contributed by atoms with Crippen LogP contribution in [0.15, 0.2) is 53.4 Å². The number of hydrogen-bond acceptors (Lipinski definition) is 4. The first-order valence-electron chi connectivity index (χ1n) is 12.5. The quantitative estimate of drug-likeness (QED) is 0.584. The Hall–Kier alpha value is -2.71. The molecule has 35 heavy (non-hydrogen) atoms. The van der Waals surface area contributed by atoms with E-state index >= 15 is 0 Å². The van der Waals surface area contributed by atoms with Crippen molar-refractivity contribution in [2.45, 2.75) is 63.3 Å². The highest BCUT2D eigenvalue weighted by Crippen LogP contribution is 2.34. The van der Waals surface area contributed by atoms with E-state index in [1.807, 2.05) is 25.1 Å². The standard InChI is InChI=1S/C27H35N3O4S/c1-19-16-24-17-25(12-13-26(24)30(19)20(2)31)35(33,34)29-18-22-8-10-23(11-9-22)27(32)28-15-14-21-6-4-3-5-7-21/h3-7,12-13,17,19,22-23,29H,8-11,14-16,18H2,1-2H3,(H,28,32). The lowest BCUT2D eigenvalue weighted by Crippen LogP contribution is -2.36. The smallest absolute Gasteiger partial charge is 0.240 e. The van der Waals surface area contributed by atoms with Gasteiger partial charge in [0.05, 0.1) is 4.90 Å². The number of hydrogen-bond donors (Lipinski definition) is 2. The lowest BCUT2D eigenvalue weighted by molar-refractivity contribution is -0.126. The number of carbonyl (C=O) groups excluding carboxylic acids is 2. The van der Waals surface area contributed by atoms with E-state index in [2.05, 4.69) is 22.2 Å². The predicted molar refractivity (Wildman–Crippen MR) is 137 cm³/mol. The summed E-state index contributed by atoms with van der Waals surface area (Å²) in [5.41, 5.74) is 2.89. The Bertz CT molecular complexity index is 1160. The number of fused-ring (bicyclic) bond motifs is 1. The van der Waals surface area contributed by atoms with Gasteiger partial charge in [0.1, 0.15) is 0 Å². The number of benzene rings is 2. The van der Waals surface area contributed by atoms with Crippen LogP contribution in [0.25, 0.3) is 0 Å². The average Bonchev–Trinajstić information content (AvgIpc) is 3.19. The van der Waals surface area contributed by atoms with Crippen LogP contribution in [0.5, 0.6) is 0 Å². The molecular weight excluding hydrogens is 462 g/mol. The summed E-state index contributed by atoms with van der Waals surface area (Å²) in [6.07, 6.45) is 4.68. The minimum atomic E-state index is -3.64. The van der Waals surface area contributed by atoms with Gasteiger partial charge in [0.25, 0.3) is 0 Å². The van der Waals surface area contributed by atoms with E-state index in [9.17, 15) is 18.0 Å². The van der Waals surface area contributed by atoms with Crippen molar-refractivity contribution in [2.75, 3.05) is 18.0 Å². The number of anilines is 1. The average molecular weight is 498 g/mol. The van der Waals surface area contributed by atoms with E-state index < -0.39 is 10.0 Å². The molecule has 0 radical (unpaired) electrons. The van der Waals surface area contributed by atoms with E-state index in [1.54, 1.807) is 23.1 Å². The van der Waals surface area contributed by atoms with Gasteiger partial charge in [-0.05, 0) is 80.7 Å². The molecule has 1 aliphatic heterocycles. The minimum Gasteiger partial charge on any atom is -0.356 e. The molecule has 4 rings (SSSR count). The largest absolute Gasteiger partial charge is 0.356 e. The highest BCUT2D eigenvalue weighted by Gasteiger charge is 2.31. The van der Waals surface area contributed by atoms with Crippen LogP contribution in [0.3, 0.4) is 0 Å². The van der Waals surface area contributed by atoms with Crippen LogP contribution >= 0.6 is 0 Å². The highest BCUT2D eigenvalue weighted by atomic mass is 32.2. The third kappa shape index (κ3) is 6.11. The summed E-state index contributed by atoms with van der Waals surface area (Å²) in [5, 5.41) is 3.05. The Labute approximate surface area is 208 Å². The zero-order chi connectivity index (χ0) is 25.0. The van der Waals surface area contributed by atoms with Crippen LogP contribution in [0.2, 0.25) is 0 Å². The van der Waals surface area contributed by atoms with E-state index in [4.69, 9.17) is 0 Å². The van der Waals surface area contributed by atoms with Gasteiger partial charge in [-0.1, -0.05) is 30.3 Å². The van der Waals surface area contributed by atoms with Crippen molar-refractivity contribution >= 4 is 27.5 Å². The summed E-state index contributed by atoms with van der Waals surface area (Å²) >= 11 is 0. The maximum absolute atomic E-state index is 12.9. The first-order valence-corrected chi connectivity index (χ1v) is 14.0. The third-order valence-electron chi connectivity index (χ3n) is 7.25. The molecule has 0 spiro atoms. The molecule has 1 heterocycles. The SMILES string of the molecule is CC(=O)N1c2ccc(S(=O)(=O)NCC3CCC(C(=O)NCCc4ccccc4)CC3)cc2CC1C. The maximum Gasteiger partial charge on any atom is 0.240 e. The molecule has 0 saturated heterocycles. The second-order valence-electron chi connectivity index (χ2n) is 9.83. The van der Waals surface area contributed by atoms with Gasteiger partial charge in [0, 0.05) is 37.7 Å². The zero-order valence-corrected chi connectivity index (χ0v) is 21.3. The molecule has 2 aliphatic rings. The van der Waals surface area contributed by atoms with Crippen LogP contribution < -0.4 is 14.9 Å². The third-order valence-corrected chi connectivity index (χ3v) is 8.67. The van der Waals surface area contributed by atoms with Crippen LogP contribution in [-0.4, -0.2) is 39.4 Å². The summed E-state index contributed by atoms with van der Waals surface area (Å²) in [6.45, 7) is 4.50. The van der Waals surface area contributed by atoms with E-state index in [1.165, 1.54) is 12.5 Å². The van der Waals surface area contributed by atoms with Crippen LogP contribution in [0, 0.1) is 11.8 Å². The molecule has 1 fully saturated rings. The van der Waals surface area contributed by atoms with E-state index in [-0.39, 0.29) is 34.6 Å². The number of nitrogens with zero attached hydrogens (tertiary/aromatic N) is 1. The Morgan fingerprint density at radius 3 is 2.43 bits per heavy atom. The van der Waals surface area contributed by atoms with Gasteiger partial charge in [-0.2, -0.15) is 0 Å². The number of amides is 2. The molecule has 1 saturated carbocycles. The molecule has 2 aromatic carbocycles. The Morgan fingerprint density at radius 2 is 1.74 bits per heavy atom. The van der Waals surface area contributed by atoms with Crippen molar-refractivity contribution < 1.29 is 18.0 Å². The second kappa shape index (κ2) is 10.9. The summed E-state index contributed by atoms with van der Waals surface area (Å²) in [5.74, 6) is 0.291. The molecular formula is C27H35N3O4S. The summed E-state index contributed by atoms with van der Waals surface area (Å²) in [7, 11) is -3.64. The van der Waals surface area contributed by atoms with Crippen molar-refractivity contribution in [3.8, 4) is 0 Å². The molecule has 1 aliphatic carbocycles. The molecule has 1 atom stereocenters. The Balaban J connectivity index is 1.24. The lowest BCUT2D eigenvalue weighted by atomic mass is 9.81. The summed E-state index contributed by atoms with van der Waals surface area (Å²) < 4.78 is 28.6. The molecule has 0 bridgehead atoms. The number of sulfonamides is 1. The molecule has 188 valence electrons. The first kappa shape index (κ1) is 25.4. The lowest BCUT2D eigenvalue weighted by Gasteiger charge is -2.28. The predicted octanol–water partition coefficient (Wildman–Crippen LogP) is 3.43. The topological polar surface area (TPSA) is 95.6 Å². The van der Waals surface area contributed by atoms with Crippen molar-refractivity contribution in [1.82, 2.24) is 10.0 Å². The second-order valence-corrected chi connectivity index (χ2v) is 11.6. The monoisotopic (exact) mass is 497 g/mol. The number of rotatable bonds is 8. The number of carbonyl (C=O) groups is 2. The van der Waals surface area contributed by atoms with Crippen molar-refractivity contribution in [3.63, 3.8) is 0 Å². The van der Waals surface area contributed by atoms with Crippen LogP contribution in [-0.2, 0) is 32.5 Å². The molecule has 1 unspecified atom stereocenters. The Morgan fingerprint density at radius 1 is 1.03 bits per heavy atom. The van der Waals surface area contributed by atoms with Gasteiger partial charge in [0.2, 0.25) is 21.8 Å². The van der Waals surface area contributed by atoms with E-state index in [0.29, 0.717) is 19.5 Å². The molecule has 2 N–H and O–H groups in total. The highest BCUT2D eigenvalue weighted by molar-refractivity contribution is 7.89. The van der Waals surface area contributed by atoms with E-state index in [0.717, 1.165) is 43.4 Å². The molecule has 0 aromatic heterocycles. The van der Waals surface area contributed by atoms with Crippen LogP contribution in [0.1, 0.15) is 50.7 Å². The zero-order valence-electron chi connectivity index (χ0n) is 20.5. The van der Waals surface area contributed by atoms with Gasteiger partial charge >= 0.3 is 0 Å². The van der Waals surface area contributed by atoms with Crippen molar-refractivity contribution in [1.29, 1.82) is 0 Å². The van der Waals surface area contributed by atoms with Gasteiger partial charge in [-0.3, -0.25) is 9.59 Å². The molecule has 7 nitrogen and oxygen atoms in total. The molecule has 2 aromatic rings. The fraction of sp³-hybridized carbons (Fsp3) is 0.481. The minimum absolute atomic E-state index is 0.00144. The van der Waals surface area contributed by atoms with Gasteiger partial charge in [0.15, 0.2) is 0 Å². The molecule has 2 amide bonds. The fourth-order valence-corrected chi connectivity index (χ4v) is 6.48. The molecule has 8 heteroatoms. The van der Waals surface area contributed by atoms with Crippen LogP contribution in [0.4, 0.5) is 5.69 Å². The van der Waals surface area contributed by atoms with Crippen molar-refractivity contribution in [3.05, 3.63) is 59.7 Å². The first-order chi connectivity index (χ1) is 16.7.